The van der Waals surface area contributed by atoms with E-state index in [0.717, 1.165) is 15.0 Å². The Balaban J connectivity index is 2.12. The third-order valence-electron chi connectivity index (χ3n) is 2.64. The van der Waals surface area contributed by atoms with E-state index in [4.69, 9.17) is 9.47 Å². The average Bonchev–Trinajstić information content (AvgIpc) is 2.89. The van der Waals surface area contributed by atoms with Gasteiger partial charge in [-0.1, -0.05) is 11.3 Å². The Morgan fingerprint density at radius 1 is 1.32 bits per heavy atom. The van der Waals surface area contributed by atoms with E-state index in [-0.39, 0.29) is 5.91 Å². The van der Waals surface area contributed by atoms with Crippen molar-refractivity contribution in [2.75, 3.05) is 19.5 Å². The first-order valence-electron chi connectivity index (χ1n) is 6.24. The zero-order valence-electron chi connectivity index (χ0n) is 12.2. The second kappa shape index (κ2) is 7.37. The smallest absolute Gasteiger partial charge is 0.250 e. The number of methoxy groups -OCH3 is 2. The molecule has 0 aliphatic heterocycles. The Kier molecular flexibility index (Phi) is 5.51. The van der Waals surface area contributed by atoms with Crippen LogP contribution in [0.25, 0.3) is 6.08 Å². The Labute approximate surface area is 140 Å². The standard InChI is InChI=1S/C14H14BrN3O3S/c1-8-17-18-14(22-8)16-12(19)5-4-9-6-10(15)13(21-3)11(7-9)20-2/h4-7H,1-3H3,(H,16,18,19)/b5-4+. The van der Waals surface area contributed by atoms with Gasteiger partial charge in [-0.2, -0.15) is 0 Å². The van der Waals surface area contributed by atoms with Gasteiger partial charge in [-0.25, -0.2) is 0 Å². The summed E-state index contributed by atoms with van der Waals surface area (Å²) in [6.45, 7) is 1.82. The zero-order chi connectivity index (χ0) is 16.1. The molecule has 0 spiro atoms. The normalized spacial score (nSPS) is 10.7. The molecule has 0 saturated heterocycles. The molecule has 2 rings (SSSR count). The third kappa shape index (κ3) is 4.05. The predicted octanol–water partition coefficient (Wildman–Crippen LogP) is 3.28. The molecule has 0 unspecified atom stereocenters. The van der Waals surface area contributed by atoms with Crippen LogP contribution in [-0.4, -0.2) is 30.3 Å². The zero-order valence-corrected chi connectivity index (χ0v) is 14.6. The van der Waals surface area contributed by atoms with Crippen molar-refractivity contribution in [1.29, 1.82) is 0 Å². The second-order valence-electron chi connectivity index (χ2n) is 4.19. The van der Waals surface area contributed by atoms with Gasteiger partial charge in [0, 0.05) is 6.08 Å². The van der Waals surface area contributed by atoms with E-state index in [0.29, 0.717) is 16.6 Å². The van der Waals surface area contributed by atoms with Crippen LogP contribution in [0.4, 0.5) is 5.13 Å². The lowest BCUT2D eigenvalue weighted by atomic mass is 10.2. The van der Waals surface area contributed by atoms with E-state index >= 15 is 0 Å². The number of carbonyl (C=O) groups is 1. The predicted molar refractivity (Wildman–Crippen MR) is 89.6 cm³/mol. The van der Waals surface area contributed by atoms with Gasteiger partial charge in [-0.3, -0.25) is 10.1 Å². The van der Waals surface area contributed by atoms with E-state index in [1.807, 2.05) is 13.0 Å². The second-order valence-corrected chi connectivity index (χ2v) is 6.22. The SMILES string of the molecule is COc1cc(/C=C/C(=O)Nc2nnc(C)s2)cc(Br)c1OC. The molecular weight excluding hydrogens is 370 g/mol. The molecule has 0 bridgehead atoms. The number of halogens is 1. The van der Waals surface area contributed by atoms with E-state index in [1.165, 1.54) is 17.4 Å². The number of rotatable bonds is 5. The largest absolute Gasteiger partial charge is 0.493 e. The number of amides is 1. The van der Waals surface area contributed by atoms with Crippen LogP contribution in [0, 0.1) is 6.92 Å². The van der Waals surface area contributed by atoms with E-state index in [9.17, 15) is 4.79 Å². The van der Waals surface area contributed by atoms with Crippen molar-refractivity contribution in [3.63, 3.8) is 0 Å². The Bertz CT molecular complexity index is 715. The van der Waals surface area contributed by atoms with Gasteiger partial charge in [0.15, 0.2) is 11.5 Å². The minimum atomic E-state index is -0.276. The van der Waals surface area contributed by atoms with Gasteiger partial charge >= 0.3 is 0 Å². The highest BCUT2D eigenvalue weighted by molar-refractivity contribution is 9.10. The van der Waals surface area contributed by atoms with Crippen LogP contribution >= 0.6 is 27.3 Å². The third-order valence-corrected chi connectivity index (χ3v) is 3.98. The molecule has 0 radical (unpaired) electrons. The summed E-state index contributed by atoms with van der Waals surface area (Å²) >= 11 is 4.73. The van der Waals surface area contributed by atoms with E-state index in [1.54, 1.807) is 26.4 Å². The first-order valence-corrected chi connectivity index (χ1v) is 7.85. The monoisotopic (exact) mass is 383 g/mol. The number of hydrogen-bond donors (Lipinski definition) is 1. The van der Waals surface area contributed by atoms with Crippen LogP contribution in [0.15, 0.2) is 22.7 Å². The highest BCUT2D eigenvalue weighted by Crippen LogP contribution is 2.36. The topological polar surface area (TPSA) is 73.3 Å². The van der Waals surface area contributed by atoms with Crippen molar-refractivity contribution < 1.29 is 14.3 Å². The first-order chi connectivity index (χ1) is 10.5. The van der Waals surface area contributed by atoms with Gasteiger partial charge in [0.05, 0.1) is 18.7 Å². The van der Waals surface area contributed by atoms with Gasteiger partial charge in [-0.05, 0) is 46.6 Å². The van der Waals surface area contributed by atoms with Crippen molar-refractivity contribution in [2.24, 2.45) is 0 Å². The minimum absolute atomic E-state index is 0.276. The molecule has 1 heterocycles. The maximum Gasteiger partial charge on any atom is 0.250 e. The molecule has 0 aliphatic carbocycles. The molecular formula is C14H14BrN3O3S. The highest BCUT2D eigenvalue weighted by Gasteiger charge is 2.09. The summed E-state index contributed by atoms with van der Waals surface area (Å²) in [6.07, 6.45) is 3.10. The van der Waals surface area contributed by atoms with Crippen molar-refractivity contribution in [3.05, 3.63) is 33.3 Å². The van der Waals surface area contributed by atoms with Crippen molar-refractivity contribution >= 4 is 44.4 Å². The fraction of sp³-hybridized carbons (Fsp3) is 0.214. The summed E-state index contributed by atoms with van der Waals surface area (Å²) in [7, 11) is 3.12. The number of nitrogens with one attached hydrogen (secondary N) is 1. The fourth-order valence-corrected chi connectivity index (χ4v) is 2.92. The highest BCUT2D eigenvalue weighted by atomic mass is 79.9. The quantitative estimate of drug-likeness (QED) is 0.801. The molecule has 0 saturated carbocycles. The molecule has 6 nitrogen and oxygen atoms in total. The Hall–Kier alpha value is -1.93. The summed E-state index contributed by atoms with van der Waals surface area (Å²) in [5.41, 5.74) is 0.799. The molecule has 8 heteroatoms. The van der Waals surface area contributed by atoms with Crippen molar-refractivity contribution in [2.45, 2.75) is 6.92 Å². The molecule has 1 N–H and O–H groups in total. The lowest BCUT2D eigenvalue weighted by Crippen LogP contribution is -2.07. The number of anilines is 1. The van der Waals surface area contributed by atoms with E-state index in [2.05, 4.69) is 31.4 Å². The fourth-order valence-electron chi connectivity index (χ4n) is 1.70. The molecule has 1 amide bonds. The first kappa shape index (κ1) is 16.4. The molecule has 2 aromatic rings. The Morgan fingerprint density at radius 2 is 2.09 bits per heavy atom. The Morgan fingerprint density at radius 3 is 2.68 bits per heavy atom. The van der Waals surface area contributed by atoms with Gasteiger partial charge in [0.2, 0.25) is 11.0 Å². The molecule has 0 fully saturated rings. The lowest BCUT2D eigenvalue weighted by Gasteiger charge is -2.10. The number of hydrogen-bond acceptors (Lipinski definition) is 6. The van der Waals surface area contributed by atoms with Crippen LogP contribution in [0.2, 0.25) is 0 Å². The van der Waals surface area contributed by atoms with Crippen molar-refractivity contribution in [3.8, 4) is 11.5 Å². The van der Waals surface area contributed by atoms with Gasteiger partial charge in [-0.15, -0.1) is 10.2 Å². The summed E-state index contributed by atoms with van der Waals surface area (Å²) in [4.78, 5) is 11.8. The molecule has 0 atom stereocenters. The maximum atomic E-state index is 11.8. The summed E-state index contributed by atoms with van der Waals surface area (Å²) in [5.74, 6) is 0.909. The summed E-state index contributed by atoms with van der Waals surface area (Å²) < 4.78 is 11.2. The van der Waals surface area contributed by atoms with Gasteiger partial charge in [0.1, 0.15) is 5.01 Å². The number of nitrogens with zero attached hydrogens (tertiary/aromatic N) is 2. The minimum Gasteiger partial charge on any atom is -0.493 e. The molecule has 1 aromatic carbocycles. The number of aryl methyl sites for hydroxylation is 1. The van der Waals surface area contributed by atoms with Crippen LogP contribution in [0.3, 0.4) is 0 Å². The molecule has 22 heavy (non-hydrogen) atoms. The van der Waals surface area contributed by atoms with Crippen LogP contribution in [-0.2, 0) is 4.79 Å². The molecule has 1 aromatic heterocycles. The number of carbonyl (C=O) groups excluding carboxylic acids is 1. The van der Waals surface area contributed by atoms with Crippen LogP contribution in [0.5, 0.6) is 11.5 Å². The number of benzene rings is 1. The molecule has 116 valence electrons. The number of ether oxygens (including phenoxy) is 2. The van der Waals surface area contributed by atoms with Crippen molar-refractivity contribution in [1.82, 2.24) is 10.2 Å². The van der Waals surface area contributed by atoms with Gasteiger partial charge < -0.3 is 9.47 Å². The summed E-state index contributed by atoms with van der Waals surface area (Å²) in [6, 6.07) is 3.61. The number of aromatic nitrogens is 2. The molecule has 0 aliphatic rings. The summed E-state index contributed by atoms with van der Waals surface area (Å²) in [5, 5.41) is 11.6. The van der Waals surface area contributed by atoms with Crippen LogP contribution < -0.4 is 14.8 Å². The van der Waals surface area contributed by atoms with E-state index < -0.39 is 0 Å². The van der Waals surface area contributed by atoms with Crippen LogP contribution in [0.1, 0.15) is 10.6 Å². The average molecular weight is 384 g/mol. The van der Waals surface area contributed by atoms with Gasteiger partial charge in [0.25, 0.3) is 0 Å². The maximum absolute atomic E-state index is 11.8. The lowest BCUT2D eigenvalue weighted by molar-refractivity contribution is -0.111.